The summed E-state index contributed by atoms with van der Waals surface area (Å²) in [7, 11) is -3.72. The molecule has 0 saturated carbocycles. The Bertz CT molecular complexity index is 1000. The molecule has 1 aliphatic rings. The summed E-state index contributed by atoms with van der Waals surface area (Å²) in [4.78, 5) is 12.9. The Hall–Kier alpha value is -2.49. The van der Waals surface area contributed by atoms with Crippen molar-refractivity contribution < 1.29 is 27.1 Å². The average molecular weight is 451 g/mol. The number of sulfonamides is 1. The number of halogens is 1. The van der Waals surface area contributed by atoms with Gasteiger partial charge in [0.1, 0.15) is 11.6 Å². The summed E-state index contributed by atoms with van der Waals surface area (Å²) < 4.78 is 51.6. The van der Waals surface area contributed by atoms with Crippen LogP contribution in [0.15, 0.2) is 47.4 Å². The second-order valence-corrected chi connectivity index (χ2v) is 9.12. The minimum Gasteiger partial charge on any atom is -0.455 e. The molecule has 31 heavy (non-hydrogen) atoms. The minimum atomic E-state index is -3.72. The van der Waals surface area contributed by atoms with E-state index in [0.717, 1.165) is 0 Å². The molecule has 0 bridgehead atoms. The van der Waals surface area contributed by atoms with Crippen LogP contribution in [-0.2, 0) is 19.6 Å². The van der Waals surface area contributed by atoms with Crippen LogP contribution in [-0.4, -0.2) is 44.9 Å². The number of nitrogens with one attached hydrogen (secondary N) is 1. The van der Waals surface area contributed by atoms with Crippen LogP contribution in [0.5, 0.6) is 11.5 Å². The summed E-state index contributed by atoms with van der Waals surface area (Å²) in [5.41, 5.74) is 0.244. The van der Waals surface area contributed by atoms with E-state index in [4.69, 9.17) is 9.47 Å². The standard InChI is InChI=1S/C22H27FN2O5S/c1-3-25(4-2)31(27,28)19-9-10-21(30-18-7-5-17(23)6-8-18)20(15-19)24-22(26)16-11-13-29-14-12-16/h5-10,15-16H,3-4,11-14H2,1-2H3,(H,24,26). The highest BCUT2D eigenvalue weighted by Crippen LogP contribution is 2.33. The number of hydrogen-bond donors (Lipinski definition) is 1. The van der Waals surface area contributed by atoms with Gasteiger partial charge in [-0.1, -0.05) is 13.8 Å². The van der Waals surface area contributed by atoms with E-state index in [-0.39, 0.29) is 28.2 Å². The van der Waals surface area contributed by atoms with Gasteiger partial charge in [-0.15, -0.1) is 0 Å². The highest BCUT2D eigenvalue weighted by molar-refractivity contribution is 7.89. The van der Waals surface area contributed by atoms with Crippen molar-refractivity contribution in [3.8, 4) is 11.5 Å². The third-order valence-electron chi connectivity index (χ3n) is 5.19. The largest absolute Gasteiger partial charge is 0.455 e. The SMILES string of the molecule is CCN(CC)S(=O)(=O)c1ccc(Oc2ccc(F)cc2)c(NC(=O)C2CCOCC2)c1. The molecule has 0 aromatic heterocycles. The Morgan fingerprint density at radius 2 is 1.77 bits per heavy atom. The molecule has 7 nitrogen and oxygen atoms in total. The molecular formula is C22H27FN2O5S. The molecule has 0 atom stereocenters. The van der Waals surface area contributed by atoms with Crippen LogP contribution < -0.4 is 10.1 Å². The second-order valence-electron chi connectivity index (χ2n) is 7.18. The van der Waals surface area contributed by atoms with Crippen LogP contribution in [0.1, 0.15) is 26.7 Å². The average Bonchev–Trinajstić information content (AvgIpc) is 2.77. The van der Waals surface area contributed by atoms with Gasteiger partial charge in [-0.25, -0.2) is 12.8 Å². The second kappa shape index (κ2) is 10.2. The fourth-order valence-electron chi connectivity index (χ4n) is 3.39. The number of carbonyl (C=O) groups is 1. The number of carbonyl (C=O) groups excluding carboxylic acids is 1. The van der Waals surface area contributed by atoms with Crippen molar-refractivity contribution >= 4 is 21.6 Å². The Balaban J connectivity index is 1.95. The lowest BCUT2D eigenvalue weighted by molar-refractivity contribution is -0.122. The molecule has 1 aliphatic heterocycles. The predicted molar refractivity (Wildman–Crippen MR) is 115 cm³/mol. The van der Waals surface area contributed by atoms with Gasteiger partial charge in [0.15, 0.2) is 5.75 Å². The number of hydrogen-bond acceptors (Lipinski definition) is 5. The van der Waals surface area contributed by atoms with E-state index in [0.29, 0.717) is 44.9 Å². The lowest BCUT2D eigenvalue weighted by Crippen LogP contribution is -2.31. The first kappa shape index (κ1) is 23.2. The zero-order valence-electron chi connectivity index (χ0n) is 17.6. The van der Waals surface area contributed by atoms with E-state index in [2.05, 4.69) is 5.32 Å². The Labute approximate surface area is 182 Å². The zero-order chi connectivity index (χ0) is 22.4. The predicted octanol–water partition coefficient (Wildman–Crippen LogP) is 4.01. The molecular weight excluding hydrogens is 423 g/mol. The van der Waals surface area contributed by atoms with Crippen LogP contribution in [0.25, 0.3) is 0 Å². The molecule has 1 N–H and O–H groups in total. The summed E-state index contributed by atoms with van der Waals surface area (Å²) in [6, 6.07) is 9.78. The minimum absolute atomic E-state index is 0.0601. The highest BCUT2D eigenvalue weighted by atomic mass is 32.2. The Kier molecular flexibility index (Phi) is 7.64. The van der Waals surface area contributed by atoms with E-state index in [1.807, 2.05) is 0 Å². The van der Waals surface area contributed by atoms with Crippen molar-refractivity contribution in [3.05, 3.63) is 48.3 Å². The van der Waals surface area contributed by atoms with Crippen molar-refractivity contribution in [2.75, 3.05) is 31.6 Å². The third-order valence-corrected chi connectivity index (χ3v) is 7.23. The molecule has 0 spiro atoms. The summed E-state index contributed by atoms with van der Waals surface area (Å²) >= 11 is 0. The lowest BCUT2D eigenvalue weighted by Gasteiger charge is -2.23. The monoisotopic (exact) mass is 450 g/mol. The maximum absolute atomic E-state index is 13.2. The van der Waals surface area contributed by atoms with E-state index in [1.165, 1.54) is 46.8 Å². The van der Waals surface area contributed by atoms with Gasteiger partial charge in [0.05, 0.1) is 10.6 Å². The van der Waals surface area contributed by atoms with E-state index >= 15 is 0 Å². The Morgan fingerprint density at radius 3 is 2.39 bits per heavy atom. The van der Waals surface area contributed by atoms with Crippen LogP contribution in [0, 0.1) is 11.7 Å². The fourth-order valence-corrected chi connectivity index (χ4v) is 4.88. The maximum Gasteiger partial charge on any atom is 0.243 e. The number of ether oxygens (including phenoxy) is 2. The van der Waals surface area contributed by atoms with Gasteiger partial charge < -0.3 is 14.8 Å². The smallest absolute Gasteiger partial charge is 0.243 e. The van der Waals surface area contributed by atoms with E-state index < -0.39 is 15.8 Å². The van der Waals surface area contributed by atoms with Gasteiger partial charge in [-0.3, -0.25) is 4.79 Å². The molecule has 1 saturated heterocycles. The van der Waals surface area contributed by atoms with Crippen LogP contribution >= 0.6 is 0 Å². The number of rotatable bonds is 8. The molecule has 2 aromatic rings. The zero-order valence-corrected chi connectivity index (χ0v) is 18.5. The first-order chi connectivity index (χ1) is 14.8. The first-order valence-electron chi connectivity index (χ1n) is 10.3. The van der Waals surface area contributed by atoms with Crippen molar-refractivity contribution in [1.82, 2.24) is 4.31 Å². The number of benzene rings is 2. The van der Waals surface area contributed by atoms with Gasteiger partial charge in [-0.2, -0.15) is 4.31 Å². The normalized spacial score (nSPS) is 15.1. The van der Waals surface area contributed by atoms with Gasteiger partial charge >= 0.3 is 0 Å². The summed E-state index contributed by atoms with van der Waals surface area (Å²) in [5.74, 6) is -0.214. The Morgan fingerprint density at radius 1 is 1.13 bits per heavy atom. The molecule has 168 valence electrons. The van der Waals surface area contributed by atoms with Gasteiger partial charge in [0.2, 0.25) is 15.9 Å². The molecule has 0 unspecified atom stereocenters. The topological polar surface area (TPSA) is 84.9 Å². The summed E-state index contributed by atoms with van der Waals surface area (Å²) in [5, 5.41) is 2.82. The lowest BCUT2D eigenvalue weighted by atomic mass is 9.99. The number of anilines is 1. The van der Waals surface area contributed by atoms with E-state index in [9.17, 15) is 17.6 Å². The first-order valence-corrected chi connectivity index (χ1v) is 11.8. The highest BCUT2D eigenvalue weighted by Gasteiger charge is 2.26. The third kappa shape index (κ3) is 5.61. The van der Waals surface area contributed by atoms with Crippen molar-refractivity contribution in [2.24, 2.45) is 5.92 Å². The molecule has 2 aromatic carbocycles. The summed E-state index contributed by atoms with van der Waals surface area (Å²) in [6.07, 6.45) is 1.19. The van der Waals surface area contributed by atoms with Gasteiger partial charge in [0.25, 0.3) is 0 Å². The molecule has 1 fully saturated rings. The van der Waals surface area contributed by atoms with E-state index in [1.54, 1.807) is 13.8 Å². The van der Waals surface area contributed by atoms with Crippen molar-refractivity contribution in [1.29, 1.82) is 0 Å². The molecule has 1 heterocycles. The van der Waals surface area contributed by atoms with Gasteiger partial charge in [0, 0.05) is 32.2 Å². The molecule has 0 radical (unpaired) electrons. The number of amides is 1. The molecule has 3 rings (SSSR count). The van der Waals surface area contributed by atoms with Crippen molar-refractivity contribution in [2.45, 2.75) is 31.6 Å². The fraction of sp³-hybridized carbons (Fsp3) is 0.409. The number of nitrogens with zero attached hydrogens (tertiary/aromatic N) is 1. The quantitative estimate of drug-likeness (QED) is 0.657. The van der Waals surface area contributed by atoms with Crippen LogP contribution in [0.4, 0.5) is 10.1 Å². The molecule has 9 heteroatoms. The van der Waals surface area contributed by atoms with Crippen LogP contribution in [0.3, 0.4) is 0 Å². The van der Waals surface area contributed by atoms with Crippen molar-refractivity contribution in [3.63, 3.8) is 0 Å². The van der Waals surface area contributed by atoms with Gasteiger partial charge in [-0.05, 0) is 55.3 Å². The van der Waals surface area contributed by atoms with Crippen LogP contribution in [0.2, 0.25) is 0 Å². The molecule has 1 amide bonds. The molecule has 0 aliphatic carbocycles. The maximum atomic E-state index is 13.2. The summed E-state index contributed by atoms with van der Waals surface area (Å²) in [6.45, 7) is 5.20.